The van der Waals surface area contributed by atoms with E-state index in [9.17, 15) is 18.0 Å². The van der Waals surface area contributed by atoms with Gasteiger partial charge in [-0.25, -0.2) is 13.4 Å². The molecule has 0 saturated heterocycles. The Balaban J connectivity index is 1.76. The first-order valence-corrected chi connectivity index (χ1v) is 13.2. The topological polar surface area (TPSA) is 107 Å². The van der Waals surface area contributed by atoms with E-state index in [0.717, 1.165) is 16.8 Å². The Hall–Kier alpha value is -2.98. The molecular weight excluding hydrogens is 462 g/mol. The Morgan fingerprint density at radius 1 is 1.21 bits per heavy atom. The standard InChI is InChI=1S/C23H27N3O5S2/c1-15(2)18-11-21(22(28)25-23-24-19(14-32-23)9-10-31-16(3)27)26(13-18)12-17-5-7-20(8-6-17)33(4,29)30/h5-8,11,13-15H,9-10,12H2,1-4H3,(H,24,25,28). The van der Waals surface area contributed by atoms with Crippen LogP contribution in [0.15, 0.2) is 46.8 Å². The van der Waals surface area contributed by atoms with Crippen molar-refractivity contribution in [1.29, 1.82) is 0 Å². The van der Waals surface area contributed by atoms with Crippen LogP contribution in [-0.4, -0.2) is 42.7 Å². The maximum absolute atomic E-state index is 13.0. The molecule has 176 valence electrons. The number of carbonyl (C=O) groups excluding carboxylic acids is 2. The minimum atomic E-state index is -3.27. The number of esters is 1. The van der Waals surface area contributed by atoms with E-state index < -0.39 is 9.84 Å². The van der Waals surface area contributed by atoms with Gasteiger partial charge in [0.25, 0.3) is 5.91 Å². The molecule has 1 aromatic carbocycles. The van der Waals surface area contributed by atoms with Crippen LogP contribution in [0, 0.1) is 0 Å². The smallest absolute Gasteiger partial charge is 0.302 e. The summed E-state index contributed by atoms with van der Waals surface area (Å²) >= 11 is 1.31. The summed E-state index contributed by atoms with van der Waals surface area (Å²) in [5.74, 6) is -0.389. The molecule has 8 nitrogen and oxygen atoms in total. The number of rotatable bonds is 9. The van der Waals surface area contributed by atoms with Crippen molar-refractivity contribution >= 4 is 38.2 Å². The largest absolute Gasteiger partial charge is 0.465 e. The molecule has 10 heteroatoms. The molecule has 0 atom stereocenters. The van der Waals surface area contributed by atoms with Gasteiger partial charge in [0.15, 0.2) is 15.0 Å². The Morgan fingerprint density at radius 3 is 2.52 bits per heavy atom. The van der Waals surface area contributed by atoms with Crippen molar-refractivity contribution in [2.45, 2.75) is 44.6 Å². The number of benzene rings is 1. The molecule has 0 unspecified atom stereocenters. The second kappa shape index (κ2) is 10.3. The van der Waals surface area contributed by atoms with E-state index in [1.165, 1.54) is 24.5 Å². The predicted octanol–water partition coefficient (Wildman–Crippen LogP) is 3.88. The number of sulfone groups is 1. The van der Waals surface area contributed by atoms with Gasteiger partial charge in [-0.1, -0.05) is 26.0 Å². The zero-order valence-corrected chi connectivity index (χ0v) is 20.6. The third kappa shape index (κ3) is 6.75. The third-order valence-electron chi connectivity index (χ3n) is 4.96. The second-order valence-electron chi connectivity index (χ2n) is 8.05. The van der Waals surface area contributed by atoms with Crippen molar-refractivity contribution in [3.8, 4) is 0 Å². The maximum Gasteiger partial charge on any atom is 0.302 e. The highest BCUT2D eigenvalue weighted by Gasteiger charge is 2.17. The van der Waals surface area contributed by atoms with E-state index >= 15 is 0 Å². The van der Waals surface area contributed by atoms with Crippen LogP contribution in [0.3, 0.4) is 0 Å². The fourth-order valence-corrected chi connectivity index (χ4v) is 4.52. The van der Waals surface area contributed by atoms with E-state index in [1.807, 2.05) is 22.2 Å². The fraction of sp³-hybridized carbons (Fsp3) is 0.348. The zero-order chi connectivity index (χ0) is 24.2. The summed E-state index contributed by atoms with van der Waals surface area (Å²) in [4.78, 5) is 28.6. The Kier molecular flexibility index (Phi) is 7.70. The molecule has 0 bridgehead atoms. The SMILES string of the molecule is CC(=O)OCCc1csc(NC(=O)c2cc(C(C)C)cn2Cc2ccc(S(C)(=O)=O)cc2)n1. The van der Waals surface area contributed by atoms with Gasteiger partial charge in [0.05, 0.1) is 17.2 Å². The van der Waals surface area contributed by atoms with Gasteiger partial charge in [-0.3, -0.25) is 14.9 Å². The number of ether oxygens (including phenoxy) is 1. The predicted molar refractivity (Wildman–Crippen MR) is 128 cm³/mol. The summed E-state index contributed by atoms with van der Waals surface area (Å²) in [6.45, 7) is 6.13. The highest BCUT2D eigenvalue weighted by atomic mass is 32.2. The lowest BCUT2D eigenvalue weighted by Gasteiger charge is -2.09. The molecule has 33 heavy (non-hydrogen) atoms. The molecule has 0 spiro atoms. The lowest BCUT2D eigenvalue weighted by molar-refractivity contribution is -0.140. The molecule has 3 aromatic rings. The second-order valence-corrected chi connectivity index (χ2v) is 10.9. The number of hydrogen-bond acceptors (Lipinski definition) is 7. The molecule has 0 aliphatic carbocycles. The molecule has 0 aliphatic rings. The normalized spacial score (nSPS) is 11.5. The summed E-state index contributed by atoms with van der Waals surface area (Å²) in [5, 5.41) is 5.13. The lowest BCUT2D eigenvalue weighted by atomic mass is 10.1. The molecular formula is C23H27N3O5S2. The van der Waals surface area contributed by atoms with Gasteiger partial charge in [-0.15, -0.1) is 11.3 Å². The van der Waals surface area contributed by atoms with Crippen molar-refractivity contribution < 1.29 is 22.7 Å². The minimum Gasteiger partial charge on any atom is -0.465 e. The van der Waals surface area contributed by atoms with Gasteiger partial charge in [0.1, 0.15) is 5.69 Å². The summed E-state index contributed by atoms with van der Waals surface area (Å²) in [5.41, 5.74) is 3.13. The Labute approximate surface area is 197 Å². The van der Waals surface area contributed by atoms with Gasteiger partial charge >= 0.3 is 5.97 Å². The van der Waals surface area contributed by atoms with E-state index in [2.05, 4.69) is 24.1 Å². The number of nitrogens with one attached hydrogen (secondary N) is 1. The Bertz CT molecular complexity index is 1240. The number of carbonyl (C=O) groups is 2. The highest BCUT2D eigenvalue weighted by Crippen LogP contribution is 2.22. The van der Waals surface area contributed by atoms with Gasteiger partial charge in [-0.05, 0) is 35.2 Å². The summed E-state index contributed by atoms with van der Waals surface area (Å²) < 4.78 is 30.2. The van der Waals surface area contributed by atoms with Crippen molar-refractivity contribution in [1.82, 2.24) is 9.55 Å². The van der Waals surface area contributed by atoms with Gasteiger partial charge in [0.2, 0.25) is 0 Å². The molecule has 1 N–H and O–H groups in total. The average Bonchev–Trinajstić information content (AvgIpc) is 3.34. The van der Waals surface area contributed by atoms with E-state index in [0.29, 0.717) is 23.8 Å². The van der Waals surface area contributed by atoms with Crippen LogP contribution in [0.4, 0.5) is 5.13 Å². The van der Waals surface area contributed by atoms with Gasteiger partial charge in [0, 0.05) is 37.7 Å². The van der Waals surface area contributed by atoms with Crippen LogP contribution in [0.5, 0.6) is 0 Å². The van der Waals surface area contributed by atoms with Crippen LogP contribution >= 0.6 is 11.3 Å². The number of hydrogen-bond donors (Lipinski definition) is 1. The first-order chi connectivity index (χ1) is 15.5. The number of amides is 1. The first kappa shape index (κ1) is 24.7. The molecule has 0 radical (unpaired) electrons. The van der Waals surface area contributed by atoms with Crippen LogP contribution in [0.2, 0.25) is 0 Å². The Morgan fingerprint density at radius 2 is 1.91 bits per heavy atom. The van der Waals surface area contributed by atoms with Crippen LogP contribution < -0.4 is 5.32 Å². The molecule has 2 heterocycles. The van der Waals surface area contributed by atoms with Crippen LogP contribution in [0.1, 0.15) is 54.0 Å². The molecule has 1 amide bonds. The van der Waals surface area contributed by atoms with Crippen molar-refractivity contribution in [2.75, 3.05) is 18.2 Å². The van der Waals surface area contributed by atoms with E-state index in [-0.39, 0.29) is 29.3 Å². The van der Waals surface area contributed by atoms with Crippen LogP contribution in [0.25, 0.3) is 0 Å². The average molecular weight is 490 g/mol. The van der Waals surface area contributed by atoms with Gasteiger partial charge in [-0.2, -0.15) is 0 Å². The first-order valence-electron chi connectivity index (χ1n) is 10.4. The van der Waals surface area contributed by atoms with E-state index in [1.54, 1.807) is 24.3 Å². The third-order valence-corrected chi connectivity index (χ3v) is 6.89. The van der Waals surface area contributed by atoms with Gasteiger partial charge < -0.3 is 9.30 Å². The molecule has 0 aliphatic heterocycles. The molecule has 0 fully saturated rings. The number of anilines is 1. The molecule has 3 rings (SSSR count). The van der Waals surface area contributed by atoms with Crippen LogP contribution in [-0.2, 0) is 32.3 Å². The van der Waals surface area contributed by atoms with Crippen molar-refractivity contribution in [2.24, 2.45) is 0 Å². The number of nitrogens with zero attached hydrogens (tertiary/aromatic N) is 2. The lowest BCUT2D eigenvalue weighted by Crippen LogP contribution is -2.17. The molecule has 2 aromatic heterocycles. The summed E-state index contributed by atoms with van der Waals surface area (Å²) in [6.07, 6.45) is 3.59. The highest BCUT2D eigenvalue weighted by molar-refractivity contribution is 7.90. The summed E-state index contributed by atoms with van der Waals surface area (Å²) in [7, 11) is -3.27. The van der Waals surface area contributed by atoms with E-state index in [4.69, 9.17) is 4.74 Å². The minimum absolute atomic E-state index is 0.234. The van der Waals surface area contributed by atoms with Crippen molar-refractivity contribution in [3.63, 3.8) is 0 Å². The monoisotopic (exact) mass is 489 g/mol. The fourth-order valence-electron chi connectivity index (χ4n) is 3.15. The van der Waals surface area contributed by atoms with Crippen molar-refractivity contribution in [3.05, 3.63) is 64.4 Å². The summed E-state index contributed by atoms with van der Waals surface area (Å²) in [6, 6.07) is 8.52. The quantitative estimate of drug-likeness (QED) is 0.457. The molecule has 0 saturated carbocycles. The maximum atomic E-state index is 13.0. The zero-order valence-electron chi connectivity index (χ0n) is 19.0. The number of thiazole rings is 1. The number of aromatic nitrogens is 2.